The number of benzene rings is 3. The highest BCUT2D eigenvalue weighted by Gasteiger charge is 2.37. The summed E-state index contributed by atoms with van der Waals surface area (Å²) < 4.78 is 60.1. The van der Waals surface area contributed by atoms with Crippen molar-refractivity contribution in [3.63, 3.8) is 0 Å². The molecule has 2 aromatic heterocycles. The number of ether oxygens (including phenoxy) is 1. The van der Waals surface area contributed by atoms with E-state index in [0.717, 1.165) is 6.26 Å². The molecule has 3 N–H and O–H groups in total. The van der Waals surface area contributed by atoms with E-state index in [1.807, 2.05) is 4.57 Å². The highest BCUT2D eigenvalue weighted by molar-refractivity contribution is 7.92. The predicted molar refractivity (Wildman–Crippen MR) is 182 cm³/mol. The van der Waals surface area contributed by atoms with Crippen molar-refractivity contribution < 1.29 is 27.0 Å². The van der Waals surface area contributed by atoms with Crippen molar-refractivity contribution in [2.45, 2.75) is 30.0 Å². The molecule has 5 rings (SSSR count). The maximum atomic E-state index is 13.7. The van der Waals surface area contributed by atoms with Gasteiger partial charge in [-0.15, -0.1) is 0 Å². The summed E-state index contributed by atoms with van der Waals surface area (Å²) in [5.74, 6) is 1.46. The van der Waals surface area contributed by atoms with Crippen LogP contribution < -0.4 is 10.1 Å². The van der Waals surface area contributed by atoms with Crippen LogP contribution in [0, 0.1) is 0 Å². The van der Waals surface area contributed by atoms with Crippen molar-refractivity contribution in [1.29, 1.82) is 0 Å². The van der Waals surface area contributed by atoms with Gasteiger partial charge in [0.1, 0.15) is 23.3 Å². The van der Waals surface area contributed by atoms with E-state index in [2.05, 4.69) is 15.3 Å². The Bertz CT molecular complexity index is 2060. The van der Waals surface area contributed by atoms with Crippen LogP contribution >= 0.6 is 23.2 Å². The lowest BCUT2D eigenvalue weighted by Gasteiger charge is -2.31. The van der Waals surface area contributed by atoms with Crippen LogP contribution in [0.15, 0.2) is 96.3 Å². The molecule has 15 heteroatoms. The SMILES string of the molecule is CC(C)(CN(CCn1ccc2ncnc(Nc3ccc(Oc4cccc(Cl)c4)c(Cl)c3)c21)S(=O)(=O)c1ccccc1)S(C)(=O)=O.O. The Morgan fingerprint density at radius 2 is 1.67 bits per heavy atom. The Morgan fingerprint density at radius 1 is 0.935 bits per heavy atom. The first kappa shape index (κ1) is 35.1. The molecule has 0 atom stereocenters. The molecule has 2 heterocycles. The van der Waals surface area contributed by atoms with Crippen LogP contribution in [0.2, 0.25) is 10.0 Å². The first-order chi connectivity index (χ1) is 21.2. The molecule has 0 amide bonds. The largest absolute Gasteiger partial charge is 0.456 e. The van der Waals surface area contributed by atoms with Gasteiger partial charge in [-0.2, -0.15) is 4.31 Å². The maximum Gasteiger partial charge on any atom is 0.243 e. The van der Waals surface area contributed by atoms with Gasteiger partial charge >= 0.3 is 0 Å². The monoisotopic (exact) mass is 705 g/mol. The van der Waals surface area contributed by atoms with Gasteiger partial charge in [-0.3, -0.25) is 0 Å². The number of anilines is 2. The van der Waals surface area contributed by atoms with Gasteiger partial charge in [0.15, 0.2) is 15.7 Å². The fourth-order valence-corrected chi connectivity index (χ4v) is 7.04. The van der Waals surface area contributed by atoms with Crippen LogP contribution in [0.1, 0.15) is 13.8 Å². The zero-order valence-corrected chi connectivity index (χ0v) is 28.3. The van der Waals surface area contributed by atoms with Crippen molar-refractivity contribution in [2.75, 3.05) is 24.7 Å². The molecule has 46 heavy (non-hydrogen) atoms. The minimum absolute atomic E-state index is 0. The molecule has 5 aromatic rings. The first-order valence-electron chi connectivity index (χ1n) is 13.8. The molecular formula is C31H33Cl2N5O6S2. The van der Waals surface area contributed by atoms with E-state index in [1.54, 1.807) is 72.9 Å². The molecule has 0 unspecified atom stereocenters. The van der Waals surface area contributed by atoms with Crippen LogP contribution in [0.3, 0.4) is 0 Å². The van der Waals surface area contributed by atoms with Gasteiger partial charge in [0.2, 0.25) is 10.0 Å². The molecule has 0 aliphatic rings. The summed E-state index contributed by atoms with van der Waals surface area (Å²) in [6.45, 7) is 3.01. The van der Waals surface area contributed by atoms with Gasteiger partial charge in [0, 0.05) is 42.8 Å². The molecule has 3 aromatic carbocycles. The van der Waals surface area contributed by atoms with Crippen molar-refractivity contribution in [1.82, 2.24) is 18.8 Å². The molecule has 11 nitrogen and oxygen atoms in total. The van der Waals surface area contributed by atoms with Crippen molar-refractivity contribution >= 4 is 65.6 Å². The summed E-state index contributed by atoms with van der Waals surface area (Å²) in [5.41, 5.74) is 1.90. The molecule has 0 saturated heterocycles. The smallest absolute Gasteiger partial charge is 0.243 e. The number of hydrogen-bond donors (Lipinski definition) is 1. The molecule has 0 radical (unpaired) electrons. The van der Waals surface area contributed by atoms with Crippen LogP contribution in [-0.4, -0.2) is 65.2 Å². The van der Waals surface area contributed by atoms with E-state index >= 15 is 0 Å². The summed E-state index contributed by atoms with van der Waals surface area (Å²) in [6.07, 6.45) is 4.32. The van der Waals surface area contributed by atoms with Gasteiger partial charge in [-0.25, -0.2) is 26.8 Å². The van der Waals surface area contributed by atoms with Crippen molar-refractivity contribution in [3.8, 4) is 11.5 Å². The van der Waals surface area contributed by atoms with E-state index in [1.165, 1.54) is 36.6 Å². The Labute approximate surface area is 278 Å². The van der Waals surface area contributed by atoms with Crippen molar-refractivity contribution in [3.05, 3.63) is 101 Å². The maximum absolute atomic E-state index is 13.7. The highest BCUT2D eigenvalue weighted by atomic mass is 35.5. The number of nitrogens with zero attached hydrogens (tertiary/aromatic N) is 4. The Hall–Kier alpha value is -3.72. The summed E-state index contributed by atoms with van der Waals surface area (Å²) in [7, 11) is -7.60. The predicted octanol–water partition coefficient (Wildman–Crippen LogP) is 5.96. The van der Waals surface area contributed by atoms with Gasteiger partial charge < -0.3 is 20.1 Å². The third kappa shape index (κ3) is 7.80. The molecule has 0 spiro atoms. The topological polar surface area (TPSA) is 155 Å². The second kappa shape index (κ2) is 14.0. The number of sulfone groups is 1. The lowest BCUT2D eigenvalue weighted by molar-refractivity contribution is 0.361. The number of fused-ring (bicyclic) bond motifs is 1. The molecule has 0 aliphatic carbocycles. The first-order valence-corrected chi connectivity index (χ1v) is 17.9. The lowest BCUT2D eigenvalue weighted by Crippen LogP contribution is -2.47. The molecule has 0 fully saturated rings. The zero-order chi connectivity index (χ0) is 32.4. The van der Waals surface area contributed by atoms with E-state index in [9.17, 15) is 16.8 Å². The number of sulfonamides is 1. The third-order valence-electron chi connectivity index (χ3n) is 7.30. The summed E-state index contributed by atoms with van der Waals surface area (Å²) >= 11 is 12.6. The molecule has 0 saturated carbocycles. The summed E-state index contributed by atoms with van der Waals surface area (Å²) in [4.78, 5) is 8.88. The highest BCUT2D eigenvalue weighted by Crippen LogP contribution is 2.34. The number of halogens is 2. The number of aromatic nitrogens is 3. The molecule has 0 bridgehead atoms. The van der Waals surface area contributed by atoms with Crippen molar-refractivity contribution in [2.24, 2.45) is 0 Å². The van der Waals surface area contributed by atoms with Crippen LogP contribution in [0.4, 0.5) is 11.5 Å². The number of rotatable bonds is 12. The standard InChI is InChI=1S/C31H31Cl2N5O5S2.H2O/c1-31(2,44(3,39)40)20-38(45(41,42)25-10-5-4-6-11-25)17-16-37-15-14-27-29(37)30(35-21-34-27)36-23-12-13-28(26(33)19-23)43-24-9-7-8-22(32)18-24;/h4-15,18-19,21H,16-17,20H2,1-3H3,(H,34,35,36);1H2. The van der Waals surface area contributed by atoms with Gasteiger partial charge in [0.25, 0.3) is 0 Å². The van der Waals surface area contributed by atoms with Crippen LogP contribution in [0.25, 0.3) is 11.0 Å². The zero-order valence-electron chi connectivity index (χ0n) is 25.2. The Kier molecular flexibility index (Phi) is 10.7. The summed E-state index contributed by atoms with van der Waals surface area (Å²) in [6, 6.07) is 22.0. The Morgan fingerprint density at radius 3 is 2.35 bits per heavy atom. The van der Waals surface area contributed by atoms with Gasteiger partial charge in [-0.05, 0) is 68.4 Å². The van der Waals surface area contributed by atoms with Gasteiger partial charge in [-0.1, -0.05) is 47.5 Å². The minimum atomic E-state index is -4.02. The Balaban J connectivity index is 0.00000480. The number of hydrogen-bond acceptors (Lipinski definition) is 8. The average molecular weight is 707 g/mol. The van der Waals surface area contributed by atoms with E-state index < -0.39 is 24.6 Å². The van der Waals surface area contributed by atoms with E-state index in [0.29, 0.717) is 44.1 Å². The summed E-state index contributed by atoms with van der Waals surface area (Å²) in [5, 5.41) is 4.17. The fraction of sp³-hybridized carbons (Fsp3) is 0.226. The molecular weight excluding hydrogens is 673 g/mol. The quantitative estimate of drug-likeness (QED) is 0.167. The normalized spacial score (nSPS) is 12.2. The molecule has 0 aliphatic heterocycles. The molecule has 244 valence electrons. The van der Waals surface area contributed by atoms with Crippen LogP contribution in [-0.2, 0) is 26.4 Å². The number of nitrogens with one attached hydrogen (secondary N) is 1. The lowest BCUT2D eigenvalue weighted by atomic mass is 10.2. The van der Waals surface area contributed by atoms with Crippen LogP contribution in [0.5, 0.6) is 11.5 Å². The van der Waals surface area contributed by atoms with E-state index in [-0.39, 0.29) is 30.0 Å². The fourth-order valence-electron chi connectivity index (χ4n) is 4.55. The van der Waals surface area contributed by atoms with E-state index in [4.69, 9.17) is 27.9 Å². The average Bonchev–Trinajstić information content (AvgIpc) is 3.40. The second-order valence-corrected chi connectivity index (χ2v) is 16.4. The van der Waals surface area contributed by atoms with Gasteiger partial charge in [0.05, 0.1) is 20.2 Å². The second-order valence-electron chi connectivity index (χ2n) is 11.0. The minimum Gasteiger partial charge on any atom is -0.456 e. The third-order valence-corrected chi connectivity index (χ3v) is 11.8.